The Kier molecular flexibility index (Phi) is 6.59. The van der Waals surface area contributed by atoms with E-state index in [0.717, 1.165) is 16.7 Å². The van der Waals surface area contributed by atoms with Gasteiger partial charge in [0.15, 0.2) is 0 Å². The Morgan fingerprint density at radius 2 is 2.00 bits per heavy atom. The van der Waals surface area contributed by atoms with Crippen LogP contribution in [0.2, 0.25) is 0 Å². The molecule has 160 valence electrons. The van der Waals surface area contributed by atoms with Gasteiger partial charge in [-0.25, -0.2) is 0 Å². The number of benzene rings is 1. The molecule has 2 N–H and O–H groups in total. The molecule has 0 saturated heterocycles. The molecular weight excluding hydrogens is 393 g/mol. The first-order valence-electron chi connectivity index (χ1n) is 9.59. The summed E-state index contributed by atoms with van der Waals surface area (Å²) in [6, 6.07) is 7.21. The number of rotatable bonds is 6. The van der Waals surface area contributed by atoms with E-state index in [9.17, 15) is 13.2 Å². The lowest BCUT2D eigenvalue weighted by Crippen LogP contribution is -2.45. The Labute approximate surface area is 173 Å². The van der Waals surface area contributed by atoms with Crippen molar-refractivity contribution in [1.82, 2.24) is 10.3 Å². The molecule has 1 aliphatic heterocycles. The van der Waals surface area contributed by atoms with Crippen LogP contribution in [-0.4, -0.2) is 49.5 Å². The smallest absolute Gasteiger partial charge is 0.386 e. The quantitative estimate of drug-likeness (QED) is 0.751. The van der Waals surface area contributed by atoms with E-state index in [2.05, 4.69) is 25.6 Å². The summed E-state index contributed by atoms with van der Waals surface area (Å²) < 4.78 is 40.0. The monoisotopic (exact) mass is 418 g/mol. The Morgan fingerprint density at radius 3 is 2.63 bits per heavy atom. The second-order valence-corrected chi connectivity index (χ2v) is 7.15. The summed E-state index contributed by atoms with van der Waals surface area (Å²) in [5.74, 6) is 0.548. The predicted octanol–water partition coefficient (Wildman–Crippen LogP) is 3.71. The zero-order valence-electron chi connectivity index (χ0n) is 17.2. The van der Waals surface area contributed by atoms with E-state index in [-0.39, 0.29) is 6.54 Å². The maximum atomic E-state index is 13.3. The number of alkyl halides is 3. The van der Waals surface area contributed by atoms with Gasteiger partial charge in [-0.2, -0.15) is 13.2 Å². The van der Waals surface area contributed by atoms with E-state index in [1.807, 2.05) is 26.0 Å². The zero-order chi connectivity index (χ0) is 21.7. The SMILES string of the molecule is CNc1cc(C)ccc1N(CC(F)(F)F)C1CN=C(NCc2ccncc2C)C=N1. The molecule has 0 aliphatic carbocycles. The lowest BCUT2D eigenvalue weighted by Gasteiger charge is -2.33. The minimum atomic E-state index is -4.37. The number of anilines is 2. The Hall–Kier alpha value is -3.10. The fourth-order valence-electron chi connectivity index (χ4n) is 3.24. The van der Waals surface area contributed by atoms with Gasteiger partial charge in [-0.05, 0) is 48.7 Å². The molecule has 1 atom stereocenters. The Bertz CT molecular complexity index is 939. The second kappa shape index (κ2) is 9.15. The van der Waals surface area contributed by atoms with Gasteiger partial charge in [0.05, 0.1) is 24.1 Å². The van der Waals surface area contributed by atoms with Crippen LogP contribution in [0.5, 0.6) is 0 Å². The lowest BCUT2D eigenvalue weighted by molar-refractivity contribution is -0.120. The fraction of sp³-hybridized carbons (Fsp3) is 0.381. The van der Waals surface area contributed by atoms with Crippen molar-refractivity contribution >= 4 is 23.4 Å². The molecule has 1 aromatic heterocycles. The Balaban J connectivity index is 1.75. The average molecular weight is 418 g/mol. The van der Waals surface area contributed by atoms with Gasteiger partial charge in [0, 0.05) is 26.0 Å². The van der Waals surface area contributed by atoms with Crippen LogP contribution in [0.3, 0.4) is 0 Å². The summed E-state index contributed by atoms with van der Waals surface area (Å²) in [5.41, 5.74) is 4.14. The molecule has 2 aromatic rings. The third kappa shape index (κ3) is 5.49. The molecule has 9 heteroatoms. The number of aliphatic imine (C=N–C) groups is 2. The van der Waals surface area contributed by atoms with Crippen molar-refractivity contribution < 1.29 is 13.2 Å². The van der Waals surface area contributed by atoms with Crippen molar-refractivity contribution in [2.75, 3.05) is 30.4 Å². The number of aryl methyl sites for hydroxylation is 2. The van der Waals surface area contributed by atoms with Crippen LogP contribution in [0.1, 0.15) is 16.7 Å². The van der Waals surface area contributed by atoms with Gasteiger partial charge in [0.2, 0.25) is 0 Å². The molecule has 3 rings (SSSR count). The van der Waals surface area contributed by atoms with Crippen LogP contribution in [0.25, 0.3) is 0 Å². The van der Waals surface area contributed by atoms with Crippen LogP contribution in [0.15, 0.2) is 46.6 Å². The predicted molar refractivity (Wildman–Crippen MR) is 115 cm³/mol. The number of halogens is 3. The molecule has 1 aliphatic rings. The molecule has 2 heterocycles. The van der Waals surface area contributed by atoms with Crippen LogP contribution in [-0.2, 0) is 6.54 Å². The van der Waals surface area contributed by atoms with Crippen molar-refractivity contribution in [3.8, 4) is 0 Å². The van der Waals surface area contributed by atoms with Gasteiger partial charge in [-0.3, -0.25) is 15.0 Å². The molecule has 0 saturated carbocycles. The van der Waals surface area contributed by atoms with Crippen molar-refractivity contribution in [2.24, 2.45) is 9.98 Å². The fourth-order valence-corrected chi connectivity index (χ4v) is 3.24. The molecule has 1 aromatic carbocycles. The number of pyridine rings is 1. The van der Waals surface area contributed by atoms with E-state index in [1.165, 1.54) is 11.1 Å². The van der Waals surface area contributed by atoms with Gasteiger partial charge in [-0.1, -0.05) is 6.07 Å². The van der Waals surface area contributed by atoms with Crippen LogP contribution in [0, 0.1) is 13.8 Å². The third-order valence-electron chi connectivity index (χ3n) is 4.83. The van der Waals surface area contributed by atoms with Crippen molar-refractivity contribution in [1.29, 1.82) is 0 Å². The average Bonchev–Trinajstić information content (AvgIpc) is 2.71. The summed E-state index contributed by atoms with van der Waals surface area (Å²) >= 11 is 0. The second-order valence-electron chi connectivity index (χ2n) is 7.15. The minimum Gasteiger partial charge on any atom is -0.386 e. The number of aromatic nitrogens is 1. The summed E-state index contributed by atoms with van der Waals surface area (Å²) in [7, 11) is 1.69. The largest absolute Gasteiger partial charge is 0.406 e. The van der Waals surface area contributed by atoms with Crippen molar-refractivity contribution in [3.05, 3.63) is 53.3 Å². The molecule has 0 bridgehead atoms. The van der Waals surface area contributed by atoms with Gasteiger partial charge < -0.3 is 15.5 Å². The highest BCUT2D eigenvalue weighted by Gasteiger charge is 2.35. The van der Waals surface area contributed by atoms with E-state index >= 15 is 0 Å². The molecule has 0 spiro atoms. The lowest BCUT2D eigenvalue weighted by atomic mass is 10.1. The first-order chi connectivity index (χ1) is 14.3. The standard InChI is InChI=1S/C21H25F3N6/c1-14-4-5-18(17(8-14)25-3)30(13-21(22,23)24)20-12-28-19(11-29-20)27-10-16-6-7-26-9-15(16)2/h4-9,11,20,25H,10,12-13H2,1-3H3,(H,27,28). The molecule has 1 unspecified atom stereocenters. The number of nitrogens with zero attached hydrogens (tertiary/aromatic N) is 4. The van der Waals surface area contributed by atoms with Gasteiger partial charge in [0.1, 0.15) is 18.5 Å². The summed E-state index contributed by atoms with van der Waals surface area (Å²) in [4.78, 5) is 14.1. The maximum Gasteiger partial charge on any atom is 0.406 e. The third-order valence-corrected chi connectivity index (χ3v) is 4.83. The molecule has 0 radical (unpaired) electrons. The Morgan fingerprint density at radius 1 is 1.20 bits per heavy atom. The summed E-state index contributed by atoms with van der Waals surface area (Å²) in [5, 5.41) is 6.16. The van der Waals surface area contributed by atoms with Crippen molar-refractivity contribution in [2.45, 2.75) is 32.7 Å². The van der Waals surface area contributed by atoms with Crippen LogP contribution in [0.4, 0.5) is 24.5 Å². The highest BCUT2D eigenvalue weighted by Crippen LogP contribution is 2.32. The zero-order valence-corrected chi connectivity index (χ0v) is 17.2. The maximum absolute atomic E-state index is 13.3. The number of hydrogen-bond donors (Lipinski definition) is 2. The molecular formula is C21H25F3N6. The summed E-state index contributed by atoms with van der Waals surface area (Å²) in [6.45, 7) is 3.41. The highest BCUT2D eigenvalue weighted by molar-refractivity contribution is 6.29. The molecule has 6 nitrogen and oxygen atoms in total. The van der Waals surface area contributed by atoms with Gasteiger partial charge in [0.25, 0.3) is 0 Å². The van der Waals surface area contributed by atoms with E-state index in [0.29, 0.717) is 23.8 Å². The molecule has 0 amide bonds. The molecule has 30 heavy (non-hydrogen) atoms. The van der Waals surface area contributed by atoms with Gasteiger partial charge >= 0.3 is 6.18 Å². The van der Waals surface area contributed by atoms with E-state index < -0.39 is 18.9 Å². The normalized spacial score (nSPS) is 16.2. The summed E-state index contributed by atoms with van der Waals surface area (Å²) in [6.07, 6.45) is -0.116. The van der Waals surface area contributed by atoms with Crippen LogP contribution < -0.4 is 15.5 Å². The highest BCUT2D eigenvalue weighted by atomic mass is 19.4. The first-order valence-corrected chi connectivity index (χ1v) is 9.59. The molecule has 0 fully saturated rings. The first kappa shape index (κ1) is 21.6. The number of hydrogen-bond acceptors (Lipinski definition) is 6. The van der Waals surface area contributed by atoms with Gasteiger partial charge in [-0.15, -0.1) is 0 Å². The van der Waals surface area contributed by atoms with Crippen LogP contribution >= 0.6 is 0 Å². The topological polar surface area (TPSA) is 64.9 Å². The number of amidine groups is 1. The van der Waals surface area contributed by atoms with E-state index in [1.54, 1.807) is 31.6 Å². The van der Waals surface area contributed by atoms with Crippen molar-refractivity contribution in [3.63, 3.8) is 0 Å². The number of nitrogens with one attached hydrogen (secondary N) is 2. The van der Waals surface area contributed by atoms with E-state index in [4.69, 9.17) is 0 Å². The minimum absolute atomic E-state index is 0.126.